The van der Waals surface area contributed by atoms with Gasteiger partial charge in [-0.3, -0.25) is 0 Å². The molecule has 0 spiro atoms. The number of fused-ring (bicyclic) bond motifs is 1. The summed E-state index contributed by atoms with van der Waals surface area (Å²) in [7, 11) is 0. The van der Waals surface area contributed by atoms with Crippen LogP contribution in [0.5, 0.6) is 0 Å². The molecule has 3 heterocycles. The van der Waals surface area contributed by atoms with Gasteiger partial charge in [0.1, 0.15) is 17.6 Å². The van der Waals surface area contributed by atoms with E-state index in [-0.39, 0.29) is 0 Å². The lowest BCUT2D eigenvalue weighted by Crippen LogP contribution is -2.01. The fraction of sp³-hybridized carbons (Fsp3) is 0.100. The molecule has 0 amide bonds. The van der Waals surface area contributed by atoms with E-state index in [1.165, 1.54) is 6.33 Å². The fourth-order valence-electron chi connectivity index (χ4n) is 1.63. The molecular weight excluding hydrogens is 206 g/mol. The molecule has 6 heteroatoms. The summed E-state index contributed by atoms with van der Waals surface area (Å²) in [5.41, 5.74) is 7.12. The normalized spacial score (nSPS) is 11.0. The lowest BCUT2D eigenvalue weighted by atomic mass is 10.4. The van der Waals surface area contributed by atoms with Crippen molar-refractivity contribution in [3.8, 4) is 0 Å². The summed E-state index contributed by atoms with van der Waals surface area (Å²) in [4.78, 5) is 12.1. The average Bonchev–Trinajstić information content (AvgIpc) is 2.90. The molecule has 3 aromatic rings. The Morgan fingerprint density at radius 3 is 3.06 bits per heavy atom. The van der Waals surface area contributed by atoms with E-state index in [0.717, 1.165) is 11.3 Å². The molecule has 0 aliphatic rings. The second kappa shape index (κ2) is 3.34. The number of nitrogen functional groups attached to an aromatic ring is 1. The van der Waals surface area contributed by atoms with Crippen molar-refractivity contribution in [1.29, 1.82) is 0 Å². The molecule has 80 valence electrons. The molecule has 3 aromatic heterocycles. The van der Waals surface area contributed by atoms with E-state index < -0.39 is 0 Å². The number of rotatable bonds is 2. The van der Waals surface area contributed by atoms with Gasteiger partial charge in [-0.05, 0) is 12.1 Å². The molecule has 6 nitrogen and oxygen atoms in total. The Bertz CT molecular complexity index is 613. The highest BCUT2D eigenvalue weighted by Crippen LogP contribution is 2.16. The molecule has 3 rings (SSSR count). The highest BCUT2D eigenvalue weighted by molar-refractivity contribution is 5.81. The SMILES string of the molecule is Nc1ncnc2ncn(Cc3ccco3)c12. The third-order valence-corrected chi connectivity index (χ3v) is 2.34. The van der Waals surface area contributed by atoms with E-state index in [9.17, 15) is 0 Å². The summed E-state index contributed by atoms with van der Waals surface area (Å²) >= 11 is 0. The first kappa shape index (κ1) is 8.90. The smallest absolute Gasteiger partial charge is 0.182 e. The third kappa shape index (κ3) is 1.31. The highest BCUT2D eigenvalue weighted by atomic mass is 16.3. The predicted molar refractivity (Wildman–Crippen MR) is 57.5 cm³/mol. The molecule has 0 bridgehead atoms. The van der Waals surface area contributed by atoms with Gasteiger partial charge in [0.05, 0.1) is 19.1 Å². The summed E-state index contributed by atoms with van der Waals surface area (Å²) in [5.74, 6) is 1.26. The Kier molecular flexibility index (Phi) is 1.86. The summed E-state index contributed by atoms with van der Waals surface area (Å²) < 4.78 is 7.13. The third-order valence-electron chi connectivity index (χ3n) is 2.34. The van der Waals surface area contributed by atoms with Crippen LogP contribution in [0.4, 0.5) is 5.82 Å². The topological polar surface area (TPSA) is 82.8 Å². The summed E-state index contributed by atoms with van der Waals surface area (Å²) in [6, 6.07) is 3.74. The molecule has 0 atom stereocenters. The van der Waals surface area contributed by atoms with Crippen molar-refractivity contribution in [3.05, 3.63) is 36.8 Å². The first-order chi connectivity index (χ1) is 7.84. The quantitative estimate of drug-likeness (QED) is 0.690. The molecule has 0 fully saturated rings. The molecule has 0 saturated carbocycles. The van der Waals surface area contributed by atoms with Gasteiger partial charge in [-0.25, -0.2) is 15.0 Å². The minimum absolute atomic E-state index is 0.425. The van der Waals surface area contributed by atoms with Crippen molar-refractivity contribution in [2.75, 3.05) is 5.73 Å². The van der Waals surface area contributed by atoms with Gasteiger partial charge >= 0.3 is 0 Å². The molecule has 0 unspecified atom stereocenters. The molecule has 0 aliphatic heterocycles. The monoisotopic (exact) mass is 215 g/mol. The van der Waals surface area contributed by atoms with Gasteiger partial charge in [0.25, 0.3) is 0 Å². The van der Waals surface area contributed by atoms with Gasteiger partial charge < -0.3 is 14.7 Å². The standard InChI is InChI=1S/C10H9N5O/c11-9-8-10(13-5-12-9)14-6-15(8)4-7-2-1-3-16-7/h1-3,5-6H,4H2,(H2,11,12,13). The van der Waals surface area contributed by atoms with E-state index in [1.54, 1.807) is 12.6 Å². The minimum atomic E-state index is 0.425. The van der Waals surface area contributed by atoms with Crippen molar-refractivity contribution in [2.45, 2.75) is 6.54 Å². The molecular formula is C10H9N5O. The number of aromatic nitrogens is 4. The van der Waals surface area contributed by atoms with Gasteiger partial charge in [0.15, 0.2) is 11.5 Å². The Morgan fingerprint density at radius 1 is 1.31 bits per heavy atom. The maximum absolute atomic E-state index is 5.79. The van der Waals surface area contributed by atoms with Crippen molar-refractivity contribution >= 4 is 17.0 Å². The zero-order valence-electron chi connectivity index (χ0n) is 8.37. The first-order valence-electron chi connectivity index (χ1n) is 4.78. The van der Waals surface area contributed by atoms with E-state index >= 15 is 0 Å². The van der Waals surface area contributed by atoms with Crippen LogP contribution in [-0.2, 0) is 6.54 Å². The number of furan rings is 1. The van der Waals surface area contributed by atoms with Crippen LogP contribution in [0.3, 0.4) is 0 Å². The van der Waals surface area contributed by atoms with Crippen molar-refractivity contribution in [1.82, 2.24) is 19.5 Å². The van der Waals surface area contributed by atoms with E-state index in [2.05, 4.69) is 15.0 Å². The van der Waals surface area contributed by atoms with Crippen LogP contribution in [0.2, 0.25) is 0 Å². The maximum atomic E-state index is 5.79. The van der Waals surface area contributed by atoms with Gasteiger partial charge in [0.2, 0.25) is 0 Å². The first-order valence-corrected chi connectivity index (χ1v) is 4.78. The van der Waals surface area contributed by atoms with Gasteiger partial charge in [0, 0.05) is 0 Å². The fourth-order valence-corrected chi connectivity index (χ4v) is 1.63. The minimum Gasteiger partial charge on any atom is -0.467 e. The van der Waals surface area contributed by atoms with Crippen LogP contribution in [0, 0.1) is 0 Å². The zero-order chi connectivity index (χ0) is 11.0. The van der Waals surface area contributed by atoms with Crippen molar-refractivity contribution in [2.24, 2.45) is 0 Å². The average molecular weight is 215 g/mol. The number of anilines is 1. The van der Waals surface area contributed by atoms with Crippen LogP contribution < -0.4 is 5.73 Å². The Labute approximate surface area is 90.7 Å². The van der Waals surface area contributed by atoms with Crippen molar-refractivity contribution in [3.63, 3.8) is 0 Å². The van der Waals surface area contributed by atoms with Crippen LogP contribution in [0.1, 0.15) is 5.76 Å². The van der Waals surface area contributed by atoms with E-state index in [1.807, 2.05) is 16.7 Å². The molecule has 0 saturated heterocycles. The molecule has 0 aromatic carbocycles. The van der Waals surface area contributed by atoms with Gasteiger partial charge in [-0.15, -0.1) is 0 Å². The maximum Gasteiger partial charge on any atom is 0.182 e. The van der Waals surface area contributed by atoms with Gasteiger partial charge in [-0.2, -0.15) is 0 Å². The Hall–Kier alpha value is -2.37. The van der Waals surface area contributed by atoms with E-state index in [4.69, 9.17) is 10.2 Å². The van der Waals surface area contributed by atoms with Gasteiger partial charge in [-0.1, -0.05) is 0 Å². The number of nitrogens with two attached hydrogens (primary N) is 1. The van der Waals surface area contributed by atoms with Crippen LogP contribution in [0.25, 0.3) is 11.2 Å². The summed E-state index contributed by atoms with van der Waals surface area (Å²) in [5, 5.41) is 0. The second-order valence-electron chi connectivity index (χ2n) is 3.38. The number of hydrogen-bond acceptors (Lipinski definition) is 5. The number of nitrogens with zero attached hydrogens (tertiary/aromatic N) is 4. The molecule has 0 radical (unpaired) electrons. The van der Waals surface area contributed by atoms with Crippen LogP contribution >= 0.6 is 0 Å². The van der Waals surface area contributed by atoms with Crippen molar-refractivity contribution < 1.29 is 4.42 Å². The Morgan fingerprint density at radius 2 is 2.25 bits per heavy atom. The number of imidazole rings is 1. The molecule has 0 aliphatic carbocycles. The summed E-state index contributed by atoms with van der Waals surface area (Å²) in [6.07, 6.45) is 4.72. The van der Waals surface area contributed by atoms with Crippen LogP contribution in [-0.4, -0.2) is 19.5 Å². The largest absolute Gasteiger partial charge is 0.467 e. The summed E-state index contributed by atoms with van der Waals surface area (Å²) in [6.45, 7) is 0.571. The highest BCUT2D eigenvalue weighted by Gasteiger charge is 2.09. The second-order valence-corrected chi connectivity index (χ2v) is 3.38. The number of hydrogen-bond donors (Lipinski definition) is 1. The lowest BCUT2D eigenvalue weighted by molar-refractivity contribution is 0.496. The molecule has 16 heavy (non-hydrogen) atoms. The predicted octanol–water partition coefficient (Wildman–Crippen LogP) is 1.05. The lowest BCUT2D eigenvalue weighted by Gasteiger charge is -2.02. The molecule has 2 N–H and O–H groups in total. The Balaban J connectivity index is 2.10. The van der Waals surface area contributed by atoms with Crippen LogP contribution in [0.15, 0.2) is 35.5 Å². The van der Waals surface area contributed by atoms with E-state index in [0.29, 0.717) is 18.0 Å². The zero-order valence-corrected chi connectivity index (χ0v) is 8.37.